The number of benzene rings is 2. The molecule has 4 rings (SSSR count). The molecule has 2 aliphatic rings. The highest BCUT2D eigenvalue weighted by Gasteiger charge is 2.49. The zero-order chi connectivity index (χ0) is 32.3. The molecule has 1 saturated carbocycles. The highest BCUT2D eigenvalue weighted by Crippen LogP contribution is 2.36. The molecule has 2 aromatic rings. The van der Waals surface area contributed by atoms with Crippen molar-refractivity contribution in [1.82, 2.24) is 15.5 Å². The first-order valence-electron chi connectivity index (χ1n) is 14.8. The lowest BCUT2D eigenvalue weighted by Gasteiger charge is -2.55. The van der Waals surface area contributed by atoms with Gasteiger partial charge in [0, 0.05) is 30.8 Å². The van der Waals surface area contributed by atoms with E-state index in [1.54, 1.807) is 7.11 Å². The molecular weight excluding hydrogens is 568 g/mol. The van der Waals surface area contributed by atoms with Gasteiger partial charge < -0.3 is 25.2 Å². The largest absolute Gasteiger partial charge is 0.497 e. The summed E-state index contributed by atoms with van der Waals surface area (Å²) in [6.07, 6.45) is 4.33. The number of carbonyl (C=O) groups excluding carboxylic acids is 2. The standard InChI is InChI=1S/C34H43F2N3O5/c1-22(16-29(44-6)27-11-10-24(35)18-28(27)36)31(41)38-34(20-39(21-34)25-12-14-33(4,42)15-13-25)19-30(40)37-32(2,3)23-8-7-9-26(17-23)43-5/h7-11,16-18,25,42H,1,12-15,19-21H2,2-6H3,(H,37,40)(H,38,41)/b29-16-. The van der Waals surface area contributed by atoms with E-state index in [0.717, 1.165) is 30.5 Å². The van der Waals surface area contributed by atoms with Crippen LogP contribution in [0.4, 0.5) is 8.78 Å². The number of halogens is 2. The molecule has 3 N–H and O–H groups in total. The third-order valence-corrected chi connectivity index (χ3v) is 8.69. The summed E-state index contributed by atoms with van der Waals surface area (Å²) in [5.74, 6) is -1.65. The van der Waals surface area contributed by atoms with Gasteiger partial charge in [0.15, 0.2) is 0 Å². The predicted molar refractivity (Wildman–Crippen MR) is 165 cm³/mol. The molecule has 1 heterocycles. The molecule has 0 bridgehead atoms. The number of carbonyl (C=O) groups is 2. The van der Waals surface area contributed by atoms with Crippen molar-refractivity contribution in [3.8, 4) is 5.75 Å². The third kappa shape index (κ3) is 7.84. The van der Waals surface area contributed by atoms with E-state index >= 15 is 0 Å². The smallest absolute Gasteiger partial charge is 0.251 e. The summed E-state index contributed by atoms with van der Waals surface area (Å²) in [6, 6.07) is 10.8. The zero-order valence-corrected chi connectivity index (χ0v) is 26.1. The minimum absolute atomic E-state index is 0.00534. The van der Waals surface area contributed by atoms with Gasteiger partial charge in [0.1, 0.15) is 23.1 Å². The van der Waals surface area contributed by atoms with E-state index in [4.69, 9.17) is 9.47 Å². The van der Waals surface area contributed by atoms with Crippen LogP contribution < -0.4 is 15.4 Å². The van der Waals surface area contributed by atoms with Gasteiger partial charge in [-0.2, -0.15) is 0 Å². The van der Waals surface area contributed by atoms with Crippen LogP contribution in [-0.4, -0.2) is 66.3 Å². The summed E-state index contributed by atoms with van der Waals surface area (Å²) in [5, 5.41) is 16.5. The minimum atomic E-state index is -0.878. The van der Waals surface area contributed by atoms with E-state index in [2.05, 4.69) is 22.1 Å². The van der Waals surface area contributed by atoms with Crippen LogP contribution in [0.5, 0.6) is 5.75 Å². The highest BCUT2D eigenvalue weighted by molar-refractivity contribution is 5.98. The number of ether oxygens (including phenoxy) is 2. The fraction of sp³-hybridized carbons (Fsp3) is 0.471. The maximum absolute atomic E-state index is 14.4. The van der Waals surface area contributed by atoms with Crippen LogP contribution >= 0.6 is 0 Å². The molecule has 1 aliphatic carbocycles. The molecule has 2 amide bonds. The molecule has 0 unspecified atom stereocenters. The van der Waals surface area contributed by atoms with Crippen LogP contribution in [0, 0.1) is 11.6 Å². The lowest BCUT2D eigenvalue weighted by Crippen LogP contribution is -2.73. The van der Waals surface area contributed by atoms with Crippen molar-refractivity contribution in [2.24, 2.45) is 0 Å². The Morgan fingerprint density at radius 1 is 1.14 bits per heavy atom. The number of rotatable bonds is 11. The van der Waals surface area contributed by atoms with Gasteiger partial charge in [0.2, 0.25) is 5.91 Å². The zero-order valence-electron chi connectivity index (χ0n) is 26.1. The van der Waals surface area contributed by atoms with Gasteiger partial charge in [0.05, 0.1) is 42.9 Å². The normalized spacial score (nSPS) is 22.0. The van der Waals surface area contributed by atoms with Crippen molar-refractivity contribution in [3.63, 3.8) is 0 Å². The first kappa shape index (κ1) is 33.1. The van der Waals surface area contributed by atoms with Crippen molar-refractivity contribution in [2.45, 2.75) is 75.6 Å². The summed E-state index contributed by atoms with van der Waals surface area (Å²) in [5.41, 5.74) is -1.42. The third-order valence-electron chi connectivity index (χ3n) is 8.69. The topological polar surface area (TPSA) is 100 Å². The molecule has 238 valence electrons. The summed E-state index contributed by atoms with van der Waals surface area (Å²) in [7, 11) is 2.91. The van der Waals surface area contributed by atoms with Crippen molar-refractivity contribution < 1.29 is 33.0 Å². The second-order valence-electron chi connectivity index (χ2n) is 12.8. The molecule has 1 saturated heterocycles. The molecule has 44 heavy (non-hydrogen) atoms. The Morgan fingerprint density at radius 2 is 1.82 bits per heavy atom. The summed E-state index contributed by atoms with van der Waals surface area (Å²) >= 11 is 0. The van der Waals surface area contributed by atoms with Crippen molar-refractivity contribution in [2.75, 3.05) is 27.3 Å². The number of likely N-dealkylation sites (tertiary alicyclic amines) is 1. The number of nitrogens with zero attached hydrogens (tertiary/aromatic N) is 1. The van der Waals surface area contributed by atoms with Crippen LogP contribution in [0.2, 0.25) is 0 Å². The summed E-state index contributed by atoms with van der Waals surface area (Å²) < 4.78 is 38.5. The minimum Gasteiger partial charge on any atom is -0.497 e. The fourth-order valence-corrected chi connectivity index (χ4v) is 6.08. The SMILES string of the molecule is C=C(/C=C(\OC)c1ccc(F)cc1F)C(=O)NC1(CC(=O)NC(C)(C)c2cccc(OC)c2)CN(C2CCC(C)(O)CC2)C1. The number of methoxy groups -OCH3 is 2. The Bertz CT molecular complexity index is 1420. The van der Waals surface area contributed by atoms with Crippen molar-refractivity contribution >= 4 is 17.6 Å². The van der Waals surface area contributed by atoms with Gasteiger partial charge in [-0.05, 0) is 82.4 Å². The van der Waals surface area contributed by atoms with E-state index in [9.17, 15) is 23.5 Å². The molecule has 0 radical (unpaired) electrons. The van der Waals surface area contributed by atoms with Crippen LogP contribution in [-0.2, 0) is 19.9 Å². The molecule has 0 atom stereocenters. The summed E-state index contributed by atoms with van der Waals surface area (Å²) in [6.45, 7) is 10.4. The van der Waals surface area contributed by atoms with Gasteiger partial charge in [-0.3, -0.25) is 14.5 Å². The predicted octanol–water partition coefficient (Wildman–Crippen LogP) is 4.82. The van der Waals surface area contributed by atoms with E-state index < -0.39 is 34.2 Å². The van der Waals surface area contributed by atoms with Crippen molar-refractivity contribution in [1.29, 1.82) is 0 Å². The lowest BCUT2D eigenvalue weighted by molar-refractivity contribution is -0.131. The van der Waals surface area contributed by atoms with Crippen molar-refractivity contribution in [3.05, 3.63) is 83.5 Å². The molecule has 0 aromatic heterocycles. The lowest BCUT2D eigenvalue weighted by atomic mass is 9.78. The van der Waals surface area contributed by atoms with Crippen LogP contribution in [0.1, 0.15) is 64.0 Å². The highest BCUT2D eigenvalue weighted by atomic mass is 19.1. The quantitative estimate of drug-likeness (QED) is 0.191. The van der Waals surface area contributed by atoms with Gasteiger partial charge in [-0.1, -0.05) is 18.7 Å². The second-order valence-corrected chi connectivity index (χ2v) is 12.8. The number of aliphatic hydroxyl groups is 1. The molecular formula is C34H43F2N3O5. The number of hydrogen-bond donors (Lipinski definition) is 3. The van der Waals surface area contributed by atoms with E-state index in [1.165, 1.54) is 19.3 Å². The Labute approximate surface area is 258 Å². The maximum Gasteiger partial charge on any atom is 0.251 e. The van der Waals surface area contributed by atoms with Gasteiger partial charge in [-0.15, -0.1) is 0 Å². The Kier molecular flexibility index (Phi) is 9.85. The molecule has 10 heteroatoms. The first-order valence-corrected chi connectivity index (χ1v) is 14.8. The second kappa shape index (κ2) is 13.1. The van der Waals surface area contributed by atoms with Crippen LogP contribution in [0.15, 0.2) is 60.7 Å². The monoisotopic (exact) mass is 611 g/mol. The Hall–Kier alpha value is -3.76. The Balaban J connectivity index is 1.51. The van der Waals surface area contributed by atoms with Gasteiger partial charge in [-0.25, -0.2) is 8.78 Å². The molecule has 2 aromatic carbocycles. The summed E-state index contributed by atoms with van der Waals surface area (Å²) in [4.78, 5) is 29.2. The number of nitrogens with one attached hydrogen (secondary N) is 2. The average molecular weight is 612 g/mol. The van der Waals surface area contributed by atoms with E-state index in [0.29, 0.717) is 31.7 Å². The van der Waals surface area contributed by atoms with Gasteiger partial charge in [0.25, 0.3) is 5.91 Å². The maximum atomic E-state index is 14.4. The van der Waals surface area contributed by atoms with Crippen LogP contribution in [0.25, 0.3) is 5.76 Å². The van der Waals surface area contributed by atoms with E-state index in [-0.39, 0.29) is 35.3 Å². The molecule has 1 aliphatic heterocycles. The Morgan fingerprint density at radius 3 is 2.43 bits per heavy atom. The number of hydrogen-bond acceptors (Lipinski definition) is 6. The molecule has 0 spiro atoms. The fourth-order valence-electron chi connectivity index (χ4n) is 6.08. The van der Waals surface area contributed by atoms with Crippen LogP contribution in [0.3, 0.4) is 0 Å². The van der Waals surface area contributed by atoms with E-state index in [1.807, 2.05) is 45.0 Å². The van der Waals surface area contributed by atoms with Gasteiger partial charge >= 0.3 is 0 Å². The average Bonchev–Trinajstić information content (AvgIpc) is 2.94. The number of amides is 2. The first-order chi connectivity index (χ1) is 20.7. The molecule has 2 fully saturated rings. The molecule has 8 nitrogen and oxygen atoms in total.